The van der Waals surface area contributed by atoms with Gasteiger partial charge in [-0.05, 0) is 19.8 Å². The number of thioether (sulfide) groups is 1. The van der Waals surface area contributed by atoms with E-state index in [9.17, 15) is 0 Å². The summed E-state index contributed by atoms with van der Waals surface area (Å²) in [5.74, 6) is 4.50. The van der Waals surface area contributed by atoms with Crippen LogP contribution in [0.1, 0.15) is 51.8 Å². The molecular formula is C20H38IN7S. The Morgan fingerprint density at radius 3 is 2.62 bits per heavy atom. The summed E-state index contributed by atoms with van der Waals surface area (Å²) in [6.07, 6.45) is 9.38. The standard InChI is InChI=1S/C20H37N7S.HI/c1-3-18-25-24-17-26(18)11-10-22-19(21-4-2)23-16-20(8-6-5-7-9-20)27-12-14-28-15-13-27;/h17H,3-16H2,1-2H3,(H2,21,22,23);1H. The molecule has 2 fully saturated rings. The zero-order valence-corrected chi connectivity index (χ0v) is 21.2. The van der Waals surface area contributed by atoms with Crippen molar-refractivity contribution in [1.29, 1.82) is 0 Å². The first-order chi connectivity index (χ1) is 13.8. The van der Waals surface area contributed by atoms with Crippen LogP contribution in [0.2, 0.25) is 0 Å². The Hall–Kier alpha value is -0.550. The number of nitrogens with one attached hydrogen (secondary N) is 2. The number of hydrogen-bond acceptors (Lipinski definition) is 5. The van der Waals surface area contributed by atoms with E-state index < -0.39 is 0 Å². The van der Waals surface area contributed by atoms with Gasteiger partial charge in [0.2, 0.25) is 0 Å². The van der Waals surface area contributed by atoms with Crippen LogP contribution in [0.25, 0.3) is 0 Å². The minimum absolute atomic E-state index is 0. The molecule has 2 N–H and O–H groups in total. The maximum absolute atomic E-state index is 5.05. The van der Waals surface area contributed by atoms with Crippen LogP contribution < -0.4 is 10.6 Å². The molecule has 0 unspecified atom stereocenters. The normalized spacial score (nSPS) is 20.1. The molecule has 7 nitrogen and oxygen atoms in total. The third kappa shape index (κ3) is 6.99. The number of nitrogens with zero attached hydrogens (tertiary/aromatic N) is 5. The van der Waals surface area contributed by atoms with Gasteiger partial charge in [0.05, 0.1) is 6.54 Å². The SMILES string of the molecule is CCNC(=NCC1(N2CCSCC2)CCCCC1)NCCn1cnnc1CC.I. The highest BCUT2D eigenvalue weighted by atomic mass is 127. The van der Waals surface area contributed by atoms with Gasteiger partial charge in [-0.3, -0.25) is 9.89 Å². The fourth-order valence-electron chi connectivity index (χ4n) is 4.42. The Morgan fingerprint density at radius 2 is 1.93 bits per heavy atom. The molecule has 1 aromatic heterocycles. The molecule has 0 bridgehead atoms. The van der Waals surface area contributed by atoms with Crippen LogP contribution in [-0.2, 0) is 13.0 Å². The zero-order chi connectivity index (χ0) is 19.7. The molecule has 0 radical (unpaired) electrons. The lowest BCUT2D eigenvalue weighted by molar-refractivity contribution is 0.0672. The lowest BCUT2D eigenvalue weighted by Crippen LogP contribution is -2.55. The van der Waals surface area contributed by atoms with Crippen molar-refractivity contribution in [2.75, 3.05) is 44.2 Å². The van der Waals surface area contributed by atoms with Gasteiger partial charge >= 0.3 is 0 Å². The third-order valence-corrected chi connectivity index (χ3v) is 6.94. The Balaban J connectivity index is 0.00000300. The first-order valence-corrected chi connectivity index (χ1v) is 12.1. The highest BCUT2D eigenvalue weighted by Gasteiger charge is 2.38. The summed E-state index contributed by atoms with van der Waals surface area (Å²) in [7, 11) is 0. The predicted molar refractivity (Wildman–Crippen MR) is 134 cm³/mol. The third-order valence-electron chi connectivity index (χ3n) is 6.00. The lowest BCUT2D eigenvalue weighted by atomic mass is 9.80. The van der Waals surface area contributed by atoms with E-state index in [2.05, 4.69) is 55.9 Å². The van der Waals surface area contributed by atoms with Gasteiger partial charge in [-0.1, -0.05) is 26.2 Å². The average Bonchev–Trinajstić information content (AvgIpc) is 3.21. The molecule has 29 heavy (non-hydrogen) atoms. The van der Waals surface area contributed by atoms with Crippen LogP contribution in [-0.4, -0.2) is 75.4 Å². The highest BCUT2D eigenvalue weighted by Crippen LogP contribution is 2.35. The average molecular weight is 536 g/mol. The summed E-state index contributed by atoms with van der Waals surface area (Å²) in [4.78, 5) is 7.80. The molecule has 2 aliphatic rings. The Bertz CT molecular complexity index is 610. The van der Waals surface area contributed by atoms with Gasteiger partial charge in [-0.2, -0.15) is 11.8 Å². The molecule has 9 heteroatoms. The first kappa shape index (κ1) is 24.7. The minimum Gasteiger partial charge on any atom is -0.357 e. The Kier molecular flexibility index (Phi) is 11.1. The molecule has 0 spiro atoms. The smallest absolute Gasteiger partial charge is 0.191 e. The van der Waals surface area contributed by atoms with Crippen LogP contribution in [0.15, 0.2) is 11.3 Å². The molecule has 166 valence electrons. The van der Waals surface area contributed by atoms with Gasteiger partial charge < -0.3 is 15.2 Å². The molecule has 0 aromatic carbocycles. The van der Waals surface area contributed by atoms with Crippen molar-refractivity contribution in [2.45, 2.75) is 64.5 Å². The number of halogens is 1. The van der Waals surface area contributed by atoms with Gasteiger partial charge in [0, 0.05) is 56.2 Å². The van der Waals surface area contributed by atoms with Crippen molar-refractivity contribution in [3.05, 3.63) is 12.2 Å². The maximum atomic E-state index is 5.05. The van der Waals surface area contributed by atoms with Gasteiger partial charge in [-0.25, -0.2) is 0 Å². The van der Waals surface area contributed by atoms with E-state index in [0.717, 1.165) is 44.4 Å². The first-order valence-electron chi connectivity index (χ1n) is 11.0. The fourth-order valence-corrected chi connectivity index (χ4v) is 5.33. The molecule has 1 aliphatic carbocycles. The largest absolute Gasteiger partial charge is 0.357 e. The lowest BCUT2D eigenvalue weighted by Gasteiger charge is -2.47. The molecule has 1 aliphatic heterocycles. The van der Waals surface area contributed by atoms with E-state index in [0.29, 0.717) is 0 Å². The van der Waals surface area contributed by atoms with Gasteiger partial charge in [0.15, 0.2) is 5.96 Å². The van der Waals surface area contributed by atoms with Crippen LogP contribution in [0.3, 0.4) is 0 Å². The van der Waals surface area contributed by atoms with Crippen molar-refractivity contribution >= 4 is 41.7 Å². The second kappa shape index (κ2) is 13.0. The summed E-state index contributed by atoms with van der Waals surface area (Å²) in [6.45, 7) is 10.1. The molecular weight excluding hydrogens is 497 g/mol. The monoisotopic (exact) mass is 535 g/mol. The molecule has 2 heterocycles. The highest BCUT2D eigenvalue weighted by molar-refractivity contribution is 14.0. The van der Waals surface area contributed by atoms with E-state index in [4.69, 9.17) is 4.99 Å². The quantitative estimate of drug-likeness (QED) is 0.303. The summed E-state index contributed by atoms with van der Waals surface area (Å²) in [5, 5.41) is 15.1. The van der Waals surface area contributed by atoms with Crippen molar-refractivity contribution in [1.82, 2.24) is 30.3 Å². The molecule has 1 aromatic rings. The van der Waals surface area contributed by atoms with E-state index in [-0.39, 0.29) is 29.5 Å². The second-order valence-corrected chi connectivity index (χ2v) is 9.03. The number of aliphatic imine (C=N–C) groups is 1. The van der Waals surface area contributed by atoms with E-state index in [1.165, 1.54) is 56.7 Å². The van der Waals surface area contributed by atoms with Crippen molar-refractivity contribution < 1.29 is 0 Å². The molecule has 0 atom stereocenters. The topological polar surface area (TPSA) is 70.4 Å². The van der Waals surface area contributed by atoms with E-state index >= 15 is 0 Å². The van der Waals surface area contributed by atoms with E-state index in [1.54, 1.807) is 0 Å². The maximum Gasteiger partial charge on any atom is 0.191 e. The summed E-state index contributed by atoms with van der Waals surface area (Å²) in [5.41, 5.74) is 0.269. The summed E-state index contributed by atoms with van der Waals surface area (Å²) >= 11 is 2.09. The van der Waals surface area contributed by atoms with Crippen molar-refractivity contribution in [2.24, 2.45) is 4.99 Å². The van der Waals surface area contributed by atoms with Crippen LogP contribution >= 0.6 is 35.7 Å². The molecule has 1 saturated heterocycles. The van der Waals surface area contributed by atoms with Crippen molar-refractivity contribution in [3.8, 4) is 0 Å². The zero-order valence-electron chi connectivity index (χ0n) is 18.0. The number of aromatic nitrogens is 3. The minimum atomic E-state index is 0. The Labute approximate surface area is 197 Å². The number of rotatable bonds is 8. The predicted octanol–water partition coefficient (Wildman–Crippen LogP) is 2.77. The summed E-state index contributed by atoms with van der Waals surface area (Å²) < 4.78 is 2.12. The molecule has 0 amide bonds. The van der Waals surface area contributed by atoms with Crippen molar-refractivity contribution in [3.63, 3.8) is 0 Å². The number of hydrogen-bond donors (Lipinski definition) is 2. The van der Waals surface area contributed by atoms with Crippen LogP contribution in [0.4, 0.5) is 0 Å². The number of guanidine groups is 1. The second-order valence-electron chi connectivity index (χ2n) is 7.80. The fraction of sp³-hybridized carbons (Fsp3) is 0.850. The van der Waals surface area contributed by atoms with Gasteiger partial charge in [0.1, 0.15) is 12.2 Å². The van der Waals surface area contributed by atoms with Crippen LogP contribution in [0.5, 0.6) is 0 Å². The van der Waals surface area contributed by atoms with E-state index in [1.807, 2.05) is 6.33 Å². The van der Waals surface area contributed by atoms with Gasteiger partial charge in [-0.15, -0.1) is 34.2 Å². The molecule has 3 rings (SSSR count). The van der Waals surface area contributed by atoms with Gasteiger partial charge in [0.25, 0.3) is 0 Å². The van der Waals surface area contributed by atoms with Crippen LogP contribution in [0, 0.1) is 0 Å². The summed E-state index contributed by atoms with van der Waals surface area (Å²) in [6, 6.07) is 0. The molecule has 1 saturated carbocycles. The Morgan fingerprint density at radius 1 is 1.17 bits per heavy atom. The number of aryl methyl sites for hydroxylation is 1.